The summed E-state index contributed by atoms with van der Waals surface area (Å²) in [5.74, 6) is 0.444. The smallest absolute Gasteiger partial charge is 0.242 e. The fourth-order valence-electron chi connectivity index (χ4n) is 4.09. The first-order valence-corrected chi connectivity index (χ1v) is 9.10. The van der Waals surface area contributed by atoms with E-state index in [1.807, 2.05) is 0 Å². The van der Waals surface area contributed by atoms with Crippen LogP contribution < -0.4 is 10.2 Å². The Kier molecular flexibility index (Phi) is 7.15. The molecule has 0 radical (unpaired) electrons. The Balaban J connectivity index is 0.00000131. The lowest BCUT2D eigenvalue weighted by atomic mass is 9.80. The topological polar surface area (TPSA) is 35.6 Å². The van der Waals surface area contributed by atoms with E-state index in [2.05, 4.69) is 77.6 Å². The number of amides is 1. The van der Waals surface area contributed by atoms with Crippen molar-refractivity contribution in [3.63, 3.8) is 0 Å². The molecule has 0 unspecified atom stereocenters. The van der Waals surface area contributed by atoms with Crippen molar-refractivity contribution in [3.8, 4) is 0 Å². The molecule has 2 atom stereocenters. The number of halogens is 2. The standard InChI is InChI=1S/C21H25N3O.2ClH/c1-3-23(2)16-9-10-17-18(13-16)19(15-7-5-4-6-8-15)14-24-12-11-22-21(25)20(17)24;;/h4-10,13,19-20H,3,11-12,14H2,1-2H3,(H,22,25);2*1H/t19-,20+;;/m1../s1. The van der Waals surface area contributed by atoms with E-state index < -0.39 is 0 Å². The minimum atomic E-state index is -0.148. The van der Waals surface area contributed by atoms with Crippen LogP contribution in [-0.2, 0) is 4.79 Å². The molecule has 1 N–H and O–H groups in total. The Morgan fingerprint density at radius 3 is 2.56 bits per heavy atom. The van der Waals surface area contributed by atoms with Crippen molar-refractivity contribution in [3.05, 3.63) is 65.2 Å². The quantitative estimate of drug-likeness (QED) is 0.843. The fraction of sp³-hybridized carbons (Fsp3) is 0.381. The van der Waals surface area contributed by atoms with Crippen LogP contribution in [0.25, 0.3) is 0 Å². The number of piperazine rings is 1. The van der Waals surface area contributed by atoms with Gasteiger partial charge in [-0.05, 0) is 35.7 Å². The van der Waals surface area contributed by atoms with Crippen LogP contribution in [0.1, 0.15) is 35.6 Å². The van der Waals surface area contributed by atoms with E-state index in [1.165, 1.54) is 16.8 Å². The molecule has 2 aromatic rings. The Labute approximate surface area is 173 Å². The SMILES string of the molecule is CCN(C)c1ccc2c(c1)[C@@H](c1ccccc1)CN1CCNC(=O)[C@H]21.Cl.Cl. The lowest BCUT2D eigenvalue weighted by Gasteiger charge is -2.43. The third-order valence-corrected chi connectivity index (χ3v) is 5.59. The van der Waals surface area contributed by atoms with Crippen molar-refractivity contribution >= 4 is 36.4 Å². The van der Waals surface area contributed by atoms with Crippen LogP contribution in [-0.4, -0.2) is 44.0 Å². The number of nitrogens with one attached hydrogen (secondary N) is 1. The molecule has 0 bridgehead atoms. The number of carbonyl (C=O) groups excluding carboxylic acids is 1. The predicted octanol–water partition coefficient (Wildman–Crippen LogP) is 3.60. The summed E-state index contributed by atoms with van der Waals surface area (Å²) in [4.78, 5) is 17.1. The van der Waals surface area contributed by atoms with Crippen molar-refractivity contribution < 1.29 is 4.79 Å². The third-order valence-electron chi connectivity index (χ3n) is 5.59. The van der Waals surface area contributed by atoms with Gasteiger partial charge in [0.25, 0.3) is 0 Å². The molecule has 27 heavy (non-hydrogen) atoms. The maximum atomic E-state index is 12.5. The maximum Gasteiger partial charge on any atom is 0.242 e. The van der Waals surface area contributed by atoms with Gasteiger partial charge in [0.1, 0.15) is 6.04 Å². The molecule has 4 rings (SSSR count). The summed E-state index contributed by atoms with van der Waals surface area (Å²) in [5, 5.41) is 3.03. The Hall–Kier alpha value is -1.75. The molecule has 2 aliphatic rings. The summed E-state index contributed by atoms with van der Waals surface area (Å²) in [6, 6.07) is 17.1. The van der Waals surface area contributed by atoms with Gasteiger partial charge in [0, 0.05) is 44.8 Å². The molecular formula is C21H27Cl2N3O. The van der Waals surface area contributed by atoms with Crippen molar-refractivity contribution in [1.82, 2.24) is 10.2 Å². The average Bonchev–Trinajstić information content (AvgIpc) is 2.67. The highest BCUT2D eigenvalue weighted by atomic mass is 35.5. The molecule has 2 aliphatic heterocycles. The van der Waals surface area contributed by atoms with Gasteiger partial charge >= 0.3 is 0 Å². The highest BCUT2D eigenvalue weighted by Crippen LogP contribution is 2.41. The zero-order chi connectivity index (χ0) is 17.4. The fourth-order valence-corrected chi connectivity index (χ4v) is 4.09. The first-order valence-electron chi connectivity index (χ1n) is 9.10. The molecule has 0 aliphatic carbocycles. The number of nitrogens with zero attached hydrogens (tertiary/aromatic N) is 2. The van der Waals surface area contributed by atoms with Gasteiger partial charge in [-0.2, -0.15) is 0 Å². The second kappa shape index (κ2) is 8.96. The molecule has 1 fully saturated rings. The van der Waals surface area contributed by atoms with Gasteiger partial charge in [0.05, 0.1) is 0 Å². The molecule has 0 aromatic heterocycles. The van der Waals surface area contributed by atoms with E-state index in [1.54, 1.807) is 0 Å². The van der Waals surface area contributed by atoms with Crippen LogP contribution in [0.2, 0.25) is 0 Å². The number of fused-ring (bicyclic) bond motifs is 3. The molecule has 2 heterocycles. The van der Waals surface area contributed by atoms with E-state index in [9.17, 15) is 4.79 Å². The van der Waals surface area contributed by atoms with Gasteiger partial charge in [-0.1, -0.05) is 36.4 Å². The van der Waals surface area contributed by atoms with Gasteiger partial charge in [-0.25, -0.2) is 0 Å². The number of anilines is 1. The van der Waals surface area contributed by atoms with E-state index in [4.69, 9.17) is 0 Å². The molecular weight excluding hydrogens is 381 g/mol. The summed E-state index contributed by atoms with van der Waals surface area (Å²) >= 11 is 0. The number of rotatable bonds is 3. The molecule has 1 amide bonds. The Bertz CT molecular complexity index is 784. The summed E-state index contributed by atoms with van der Waals surface area (Å²) in [6.45, 7) is 5.67. The molecule has 1 saturated heterocycles. The molecule has 0 spiro atoms. The van der Waals surface area contributed by atoms with E-state index in [0.717, 1.165) is 31.7 Å². The van der Waals surface area contributed by atoms with Crippen molar-refractivity contribution in [2.45, 2.75) is 18.9 Å². The predicted molar refractivity (Wildman–Crippen MR) is 115 cm³/mol. The number of hydrogen-bond acceptors (Lipinski definition) is 3. The summed E-state index contributed by atoms with van der Waals surface area (Å²) < 4.78 is 0. The number of hydrogen-bond donors (Lipinski definition) is 1. The second-order valence-electron chi connectivity index (χ2n) is 6.98. The first kappa shape index (κ1) is 21.5. The molecule has 0 saturated carbocycles. The Morgan fingerprint density at radius 2 is 1.85 bits per heavy atom. The monoisotopic (exact) mass is 407 g/mol. The summed E-state index contributed by atoms with van der Waals surface area (Å²) in [5.41, 5.74) is 4.99. The van der Waals surface area contributed by atoms with Crippen LogP contribution >= 0.6 is 24.8 Å². The highest BCUT2D eigenvalue weighted by Gasteiger charge is 2.39. The summed E-state index contributed by atoms with van der Waals surface area (Å²) in [6.07, 6.45) is 0. The lowest BCUT2D eigenvalue weighted by molar-refractivity contribution is -0.129. The van der Waals surface area contributed by atoms with Gasteiger partial charge < -0.3 is 10.2 Å². The minimum Gasteiger partial charge on any atom is -0.375 e. The average molecular weight is 408 g/mol. The van der Waals surface area contributed by atoms with Gasteiger partial charge in [0.15, 0.2) is 0 Å². The van der Waals surface area contributed by atoms with Crippen molar-refractivity contribution in [1.29, 1.82) is 0 Å². The number of benzene rings is 2. The normalized spacial score (nSPS) is 21.0. The van der Waals surface area contributed by atoms with E-state index in [0.29, 0.717) is 5.92 Å². The zero-order valence-corrected chi connectivity index (χ0v) is 17.4. The highest BCUT2D eigenvalue weighted by molar-refractivity contribution is 5.86. The lowest BCUT2D eigenvalue weighted by Crippen LogP contribution is -2.53. The third kappa shape index (κ3) is 3.93. The van der Waals surface area contributed by atoms with Crippen LogP contribution in [0.15, 0.2) is 48.5 Å². The largest absolute Gasteiger partial charge is 0.375 e. The second-order valence-corrected chi connectivity index (χ2v) is 6.98. The van der Waals surface area contributed by atoms with Gasteiger partial charge in [-0.3, -0.25) is 9.69 Å². The van der Waals surface area contributed by atoms with E-state index in [-0.39, 0.29) is 36.8 Å². The molecule has 2 aromatic carbocycles. The van der Waals surface area contributed by atoms with Crippen LogP contribution in [0.4, 0.5) is 5.69 Å². The molecule has 4 nitrogen and oxygen atoms in total. The van der Waals surface area contributed by atoms with E-state index >= 15 is 0 Å². The molecule has 6 heteroatoms. The first-order chi connectivity index (χ1) is 12.2. The van der Waals surface area contributed by atoms with Crippen molar-refractivity contribution in [2.24, 2.45) is 0 Å². The van der Waals surface area contributed by atoms with Gasteiger partial charge in [-0.15, -0.1) is 24.8 Å². The zero-order valence-electron chi connectivity index (χ0n) is 15.7. The Morgan fingerprint density at radius 1 is 1.11 bits per heavy atom. The van der Waals surface area contributed by atoms with Gasteiger partial charge in [0.2, 0.25) is 5.91 Å². The maximum absolute atomic E-state index is 12.5. The number of carbonyl (C=O) groups is 1. The summed E-state index contributed by atoms with van der Waals surface area (Å²) in [7, 11) is 2.11. The van der Waals surface area contributed by atoms with Crippen LogP contribution in [0.5, 0.6) is 0 Å². The van der Waals surface area contributed by atoms with Crippen LogP contribution in [0.3, 0.4) is 0 Å². The molecule has 146 valence electrons. The van der Waals surface area contributed by atoms with Crippen molar-refractivity contribution in [2.75, 3.05) is 38.1 Å². The van der Waals surface area contributed by atoms with Crippen LogP contribution in [0, 0.1) is 0 Å². The minimum absolute atomic E-state index is 0.